The first-order valence-electron chi connectivity index (χ1n) is 10.9. The third-order valence-electron chi connectivity index (χ3n) is 6.15. The van der Waals surface area contributed by atoms with E-state index in [2.05, 4.69) is 12.0 Å². The summed E-state index contributed by atoms with van der Waals surface area (Å²) in [6, 6.07) is 8.08. The molecule has 2 amide bonds. The highest BCUT2D eigenvalue weighted by Crippen LogP contribution is 2.37. The van der Waals surface area contributed by atoms with E-state index in [0.717, 1.165) is 67.9 Å². The molecule has 0 bridgehead atoms. The van der Waals surface area contributed by atoms with Crippen LogP contribution in [0.15, 0.2) is 30.5 Å². The van der Waals surface area contributed by atoms with Crippen molar-refractivity contribution in [3.05, 3.63) is 36.0 Å². The van der Waals surface area contributed by atoms with Gasteiger partial charge in [0, 0.05) is 43.7 Å². The first-order chi connectivity index (χ1) is 14.6. The van der Waals surface area contributed by atoms with E-state index in [1.807, 2.05) is 38.7 Å². The summed E-state index contributed by atoms with van der Waals surface area (Å²) in [4.78, 5) is 28.9. The van der Waals surface area contributed by atoms with Crippen molar-refractivity contribution in [1.82, 2.24) is 19.6 Å². The summed E-state index contributed by atoms with van der Waals surface area (Å²) in [5.41, 5.74) is 2.97. The standard InChI is InChI=1S/C23H30N4O3/c1-3-4-11-26(19-9-12-25(13-10-19)17(2)28)22(29)15-27-23-18(14-24-27)16-30-21-8-6-5-7-20(21)23/h5-8,14,19H,3-4,9-13,15-16H2,1-2H3. The Bertz CT molecular complexity index is 915. The molecule has 0 unspecified atom stereocenters. The van der Waals surface area contributed by atoms with Gasteiger partial charge in [-0.25, -0.2) is 0 Å². The number of hydrogen-bond donors (Lipinski definition) is 0. The quantitative estimate of drug-likeness (QED) is 0.734. The van der Waals surface area contributed by atoms with E-state index < -0.39 is 0 Å². The lowest BCUT2D eigenvalue weighted by Gasteiger charge is -2.38. The number of piperidine rings is 1. The molecule has 0 N–H and O–H groups in total. The Labute approximate surface area is 177 Å². The molecule has 3 heterocycles. The number of carbonyl (C=O) groups is 2. The Kier molecular flexibility index (Phi) is 6.06. The van der Waals surface area contributed by atoms with Crippen LogP contribution >= 0.6 is 0 Å². The fourth-order valence-electron chi connectivity index (χ4n) is 4.46. The maximum absolute atomic E-state index is 13.4. The van der Waals surface area contributed by atoms with Crippen molar-refractivity contribution in [2.75, 3.05) is 19.6 Å². The van der Waals surface area contributed by atoms with Crippen molar-refractivity contribution < 1.29 is 14.3 Å². The summed E-state index contributed by atoms with van der Waals surface area (Å²) in [5, 5.41) is 4.52. The number of unbranched alkanes of at least 4 members (excludes halogenated alkanes) is 1. The molecular formula is C23H30N4O3. The number of carbonyl (C=O) groups excluding carboxylic acids is 2. The van der Waals surface area contributed by atoms with Crippen LogP contribution in [-0.2, 0) is 22.7 Å². The molecule has 0 aliphatic carbocycles. The van der Waals surface area contributed by atoms with E-state index in [0.29, 0.717) is 6.61 Å². The molecule has 1 fully saturated rings. The predicted octanol–water partition coefficient (Wildman–Crippen LogP) is 3.08. The first-order valence-corrected chi connectivity index (χ1v) is 10.9. The van der Waals surface area contributed by atoms with Crippen LogP contribution in [0, 0.1) is 0 Å². The highest BCUT2D eigenvalue weighted by atomic mass is 16.5. The maximum atomic E-state index is 13.4. The van der Waals surface area contributed by atoms with Gasteiger partial charge >= 0.3 is 0 Å². The molecule has 2 aliphatic rings. The first kappa shape index (κ1) is 20.4. The summed E-state index contributed by atoms with van der Waals surface area (Å²) in [6.45, 7) is 6.65. The van der Waals surface area contributed by atoms with Crippen LogP contribution in [0.4, 0.5) is 0 Å². The molecule has 2 aromatic rings. The normalized spacial score (nSPS) is 15.9. The van der Waals surface area contributed by atoms with Gasteiger partial charge in [-0.05, 0) is 31.4 Å². The minimum atomic E-state index is 0.0968. The van der Waals surface area contributed by atoms with Gasteiger partial charge in [-0.15, -0.1) is 0 Å². The smallest absolute Gasteiger partial charge is 0.244 e. The molecule has 0 radical (unpaired) electrons. The largest absolute Gasteiger partial charge is 0.488 e. The van der Waals surface area contributed by atoms with E-state index in [1.54, 1.807) is 13.1 Å². The number of amides is 2. The van der Waals surface area contributed by atoms with Crippen molar-refractivity contribution in [3.63, 3.8) is 0 Å². The Morgan fingerprint density at radius 1 is 1.23 bits per heavy atom. The SMILES string of the molecule is CCCCN(C(=O)Cn1ncc2c1-c1ccccc1OC2)C1CCN(C(C)=O)CC1. The van der Waals surface area contributed by atoms with E-state index in [-0.39, 0.29) is 24.4 Å². The van der Waals surface area contributed by atoms with Gasteiger partial charge in [0.05, 0.1) is 11.9 Å². The molecule has 0 atom stereocenters. The van der Waals surface area contributed by atoms with Crippen molar-refractivity contribution in [2.24, 2.45) is 0 Å². The van der Waals surface area contributed by atoms with Crippen LogP contribution in [0.2, 0.25) is 0 Å². The van der Waals surface area contributed by atoms with Gasteiger partial charge in [0.15, 0.2) is 0 Å². The number of hydrogen-bond acceptors (Lipinski definition) is 4. The molecule has 2 aliphatic heterocycles. The van der Waals surface area contributed by atoms with Crippen LogP contribution in [0.3, 0.4) is 0 Å². The zero-order valence-electron chi connectivity index (χ0n) is 17.8. The minimum absolute atomic E-state index is 0.0968. The Morgan fingerprint density at radius 2 is 2.00 bits per heavy atom. The van der Waals surface area contributed by atoms with E-state index >= 15 is 0 Å². The van der Waals surface area contributed by atoms with Crippen LogP contribution in [0.1, 0.15) is 45.1 Å². The van der Waals surface area contributed by atoms with Crippen molar-refractivity contribution in [3.8, 4) is 17.0 Å². The van der Waals surface area contributed by atoms with E-state index in [4.69, 9.17) is 4.74 Å². The summed E-state index contributed by atoms with van der Waals surface area (Å²) < 4.78 is 7.63. The van der Waals surface area contributed by atoms with E-state index in [1.165, 1.54) is 0 Å². The molecule has 4 rings (SSSR count). The fourth-order valence-corrected chi connectivity index (χ4v) is 4.46. The van der Waals surface area contributed by atoms with Crippen molar-refractivity contribution >= 4 is 11.8 Å². The number of fused-ring (bicyclic) bond motifs is 3. The third-order valence-corrected chi connectivity index (χ3v) is 6.15. The third kappa shape index (κ3) is 4.06. The lowest BCUT2D eigenvalue weighted by Crippen LogP contribution is -2.49. The predicted molar refractivity (Wildman–Crippen MR) is 114 cm³/mol. The number of para-hydroxylation sites is 1. The number of rotatable bonds is 6. The number of aromatic nitrogens is 2. The molecule has 1 aromatic carbocycles. The number of benzene rings is 1. The topological polar surface area (TPSA) is 67.7 Å². The monoisotopic (exact) mass is 410 g/mol. The summed E-state index contributed by atoms with van der Waals surface area (Å²) in [6.07, 6.45) is 5.50. The van der Waals surface area contributed by atoms with Gasteiger partial charge in [-0.3, -0.25) is 14.3 Å². The number of nitrogens with zero attached hydrogens (tertiary/aromatic N) is 4. The highest BCUT2D eigenvalue weighted by Gasteiger charge is 2.30. The highest BCUT2D eigenvalue weighted by molar-refractivity contribution is 5.79. The summed E-state index contributed by atoms with van der Waals surface area (Å²) >= 11 is 0. The van der Waals surface area contributed by atoms with Crippen LogP contribution in [0.5, 0.6) is 5.75 Å². The Morgan fingerprint density at radius 3 is 2.73 bits per heavy atom. The van der Waals surface area contributed by atoms with Gasteiger partial charge in [0.25, 0.3) is 0 Å². The summed E-state index contributed by atoms with van der Waals surface area (Å²) in [7, 11) is 0. The maximum Gasteiger partial charge on any atom is 0.244 e. The Hall–Kier alpha value is -2.83. The molecule has 7 nitrogen and oxygen atoms in total. The van der Waals surface area contributed by atoms with Gasteiger partial charge < -0.3 is 14.5 Å². The molecule has 160 valence electrons. The van der Waals surface area contributed by atoms with Crippen LogP contribution in [0.25, 0.3) is 11.3 Å². The lowest BCUT2D eigenvalue weighted by molar-refractivity contribution is -0.136. The molecule has 1 saturated heterocycles. The molecule has 0 saturated carbocycles. The van der Waals surface area contributed by atoms with E-state index in [9.17, 15) is 9.59 Å². The summed E-state index contributed by atoms with van der Waals surface area (Å²) in [5.74, 6) is 1.04. The fraction of sp³-hybridized carbons (Fsp3) is 0.522. The average molecular weight is 411 g/mol. The number of likely N-dealkylation sites (tertiary alicyclic amines) is 1. The second kappa shape index (κ2) is 8.90. The average Bonchev–Trinajstić information content (AvgIpc) is 3.17. The molecule has 30 heavy (non-hydrogen) atoms. The van der Waals surface area contributed by atoms with Crippen LogP contribution < -0.4 is 4.74 Å². The molecular weight excluding hydrogens is 380 g/mol. The Balaban J connectivity index is 1.52. The van der Waals surface area contributed by atoms with Crippen LogP contribution in [-0.4, -0.2) is 57.1 Å². The van der Waals surface area contributed by atoms with Gasteiger partial charge in [0.1, 0.15) is 18.9 Å². The second-order valence-corrected chi connectivity index (χ2v) is 8.14. The second-order valence-electron chi connectivity index (χ2n) is 8.14. The van der Waals surface area contributed by atoms with Gasteiger partial charge in [0.2, 0.25) is 11.8 Å². The molecule has 7 heteroatoms. The van der Waals surface area contributed by atoms with Crippen molar-refractivity contribution in [1.29, 1.82) is 0 Å². The van der Waals surface area contributed by atoms with Crippen molar-refractivity contribution in [2.45, 2.75) is 58.7 Å². The lowest BCUT2D eigenvalue weighted by atomic mass is 10.0. The molecule has 0 spiro atoms. The van der Waals surface area contributed by atoms with Gasteiger partial charge in [-0.2, -0.15) is 5.10 Å². The van der Waals surface area contributed by atoms with Gasteiger partial charge in [-0.1, -0.05) is 25.5 Å². The molecule has 1 aromatic heterocycles. The zero-order valence-corrected chi connectivity index (χ0v) is 17.8. The number of ether oxygens (including phenoxy) is 1. The minimum Gasteiger partial charge on any atom is -0.488 e. The zero-order chi connectivity index (χ0) is 21.1.